The zero-order valence-electron chi connectivity index (χ0n) is 11.4. The van der Waals surface area contributed by atoms with E-state index in [1.165, 1.54) is 0 Å². The molecule has 17 heavy (non-hydrogen) atoms. The maximum absolute atomic E-state index is 6.06. The van der Waals surface area contributed by atoms with Crippen LogP contribution >= 0.6 is 11.6 Å². The Kier molecular flexibility index (Phi) is 10.3. The maximum atomic E-state index is 6.06. The highest BCUT2D eigenvalue weighted by Crippen LogP contribution is 2.14. The van der Waals surface area contributed by atoms with Crippen molar-refractivity contribution in [2.45, 2.75) is 46.5 Å². The smallest absolute Gasteiger partial charge is 0.0717 e. The topological polar surface area (TPSA) is 9.23 Å². The van der Waals surface area contributed by atoms with Gasteiger partial charge in [0.25, 0.3) is 0 Å². The number of halogens is 1. The Hall–Kier alpha value is -0.530. The van der Waals surface area contributed by atoms with Gasteiger partial charge in [-0.25, -0.2) is 0 Å². The van der Waals surface area contributed by atoms with Gasteiger partial charge in [-0.1, -0.05) is 57.0 Å². The van der Waals surface area contributed by atoms with E-state index in [4.69, 9.17) is 16.3 Å². The SMILES string of the molecule is C=C(/C=C(\C=C(\Cl)CC)COCCCC)CC. The van der Waals surface area contributed by atoms with Crippen LogP contribution in [0.25, 0.3) is 0 Å². The molecule has 0 aliphatic carbocycles. The number of ether oxygens (including phenoxy) is 1. The summed E-state index contributed by atoms with van der Waals surface area (Å²) < 4.78 is 5.61. The first-order valence-electron chi connectivity index (χ1n) is 6.46. The van der Waals surface area contributed by atoms with E-state index in [1.807, 2.05) is 13.0 Å². The van der Waals surface area contributed by atoms with E-state index >= 15 is 0 Å². The highest BCUT2D eigenvalue weighted by Gasteiger charge is 1.98. The molecule has 2 heteroatoms. The van der Waals surface area contributed by atoms with Gasteiger partial charge in [-0.3, -0.25) is 0 Å². The summed E-state index contributed by atoms with van der Waals surface area (Å²) in [5, 5.41) is 0.860. The van der Waals surface area contributed by atoms with Crippen molar-refractivity contribution in [3.05, 3.63) is 34.9 Å². The molecule has 1 nitrogen and oxygen atoms in total. The summed E-state index contributed by atoms with van der Waals surface area (Å²) in [6.45, 7) is 11.7. The van der Waals surface area contributed by atoms with Crippen molar-refractivity contribution in [2.75, 3.05) is 13.2 Å². The molecule has 98 valence electrons. The molecule has 0 heterocycles. The molecule has 0 saturated carbocycles. The van der Waals surface area contributed by atoms with E-state index in [-0.39, 0.29) is 0 Å². The van der Waals surface area contributed by atoms with Crippen molar-refractivity contribution in [1.29, 1.82) is 0 Å². The van der Waals surface area contributed by atoms with E-state index < -0.39 is 0 Å². The summed E-state index contributed by atoms with van der Waals surface area (Å²) in [5.41, 5.74) is 2.22. The van der Waals surface area contributed by atoms with Gasteiger partial charge in [0, 0.05) is 11.6 Å². The van der Waals surface area contributed by atoms with Crippen LogP contribution in [0, 0.1) is 0 Å². The van der Waals surface area contributed by atoms with Gasteiger partial charge in [0.2, 0.25) is 0 Å². The quantitative estimate of drug-likeness (QED) is 0.406. The van der Waals surface area contributed by atoms with Gasteiger partial charge in [-0.15, -0.1) is 0 Å². The first kappa shape index (κ1) is 16.5. The molecule has 0 amide bonds. The van der Waals surface area contributed by atoms with Crippen molar-refractivity contribution < 1.29 is 4.74 Å². The summed E-state index contributed by atoms with van der Waals surface area (Å²) in [6, 6.07) is 0. The van der Waals surface area contributed by atoms with Crippen LogP contribution in [0.2, 0.25) is 0 Å². The molecule has 0 saturated heterocycles. The van der Waals surface area contributed by atoms with E-state index in [0.717, 1.165) is 48.5 Å². The third kappa shape index (κ3) is 9.20. The monoisotopic (exact) mass is 256 g/mol. The maximum Gasteiger partial charge on any atom is 0.0717 e. The Labute approximate surface area is 111 Å². The lowest BCUT2D eigenvalue weighted by molar-refractivity contribution is 0.154. The number of rotatable bonds is 9. The Bertz CT molecular complexity index is 277. The van der Waals surface area contributed by atoms with Crippen LogP contribution in [0.5, 0.6) is 0 Å². The van der Waals surface area contributed by atoms with Crippen molar-refractivity contribution in [3.63, 3.8) is 0 Å². The molecular weight excluding hydrogens is 232 g/mol. The van der Waals surface area contributed by atoms with Crippen LogP contribution in [0.15, 0.2) is 34.9 Å². The third-order valence-electron chi connectivity index (χ3n) is 2.43. The Morgan fingerprint density at radius 2 is 1.88 bits per heavy atom. The highest BCUT2D eigenvalue weighted by molar-refractivity contribution is 6.29. The molecule has 0 rings (SSSR count). The van der Waals surface area contributed by atoms with Gasteiger partial charge in [-0.2, -0.15) is 0 Å². The molecule has 0 aliphatic rings. The van der Waals surface area contributed by atoms with E-state index in [1.54, 1.807) is 0 Å². The minimum atomic E-state index is 0.620. The van der Waals surface area contributed by atoms with Crippen molar-refractivity contribution >= 4 is 11.6 Å². The van der Waals surface area contributed by atoms with Crippen LogP contribution in [-0.4, -0.2) is 13.2 Å². The predicted octanol–water partition coefficient (Wildman–Crippen LogP) is 5.23. The molecule has 0 fully saturated rings. The minimum absolute atomic E-state index is 0.620. The molecule has 0 unspecified atom stereocenters. The van der Waals surface area contributed by atoms with Gasteiger partial charge in [-0.05, 0) is 30.9 Å². The lowest BCUT2D eigenvalue weighted by Crippen LogP contribution is -1.99. The summed E-state index contributed by atoms with van der Waals surface area (Å²) in [6.07, 6.45) is 8.14. The molecule has 0 bridgehead atoms. The fraction of sp³-hybridized carbons (Fsp3) is 0.600. The Morgan fingerprint density at radius 1 is 1.18 bits per heavy atom. The fourth-order valence-corrected chi connectivity index (χ4v) is 1.37. The number of hydrogen-bond acceptors (Lipinski definition) is 1. The average Bonchev–Trinajstić information content (AvgIpc) is 2.33. The van der Waals surface area contributed by atoms with Crippen molar-refractivity contribution in [3.8, 4) is 0 Å². The zero-order valence-corrected chi connectivity index (χ0v) is 12.1. The van der Waals surface area contributed by atoms with Crippen LogP contribution < -0.4 is 0 Å². The number of unbranched alkanes of at least 4 members (excludes halogenated alkanes) is 1. The first-order valence-corrected chi connectivity index (χ1v) is 6.83. The number of hydrogen-bond donors (Lipinski definition) is 0. The zero-order chi connectivity index (χ0) is 13.1. The lowest BCUT2D eigenvalue weighted by Gasteiger charge is -2.06. The largest absolute Gasteiger partial charge is 0.377 e. The van der Waals surface area contributed by atoms with Crippen molar-refractivity contribution in [1.82, 2.24) is 0 Å². The fourth-order valence-electron chi connectivity index (χ4n) is 1.23. The van der Waals surface area contributed by atoms with Crippen molar-refractivity contribution in [2.24, 2.45) is 0 Å². The molecular formula is C15H25ClO. The predicted molar refractivity (Wildman–Crippen MR) is 77.5 cm³/mol. The van der Waals surface area contributed by atoms with Gasteiger partial charge in [0.1, 0.15) is 0 Å². The molecule has 0 spiro atoms. The average molecular weight is 257 g/mol. The number of allylic oxidation sites excluding steroid dienone is 3. The molecule has 0 radical (unpaired) electrons. The van der Waals surface area contributed by atoms with Crippen LogP contribution in [-0.2, 0) is 4.74 Å². The second-order valence-electron chi connectivity index (χ2n) is 4.08. The van der Waals surface area contributed by atoms with Crippen LogP contribution in [0.4, 0.5) is 0 Å². The second kappa shape index (κ2) is 10.6. The summed E-state index contributed by atoms with van der Waals surface area (Å²) in [4.78, 5) is 0. The van der Waals surface area contributed by atoms with Gasteiger partial charge in [0.15, 0.2) is 0 Å². The third-order valence-corrected chi connectivity index (χ3v) is 2.81. The molecule has 0 atom stereocenters. The van der Waals surface area contributed by atoms with E-state index in [0.29, 0.717) is 6.61 Å². The molecule has 0 aliphatic heterocycles. The summed E-state index contributed by atoms with van der Waals surface area (Å²) >= 11 is 6.06. The lowest BCUT2D eigenvalue weighted by atomic mass is 10.1. The molecule has 0 aromatic rings. The molecule has 0 N–H and O–H groups in total. The first-order chi connectivity index (χ1) is 8.13. The molecule has 0 aromatic heterocycles. The Balaban J connectivity index is 4.41. The normalized spacial score (nSPS) is 12.9. The van der Waals surface area contributed by atoms with Crippen LogP contribution in [0.1, 0.15) is 46.5 Å². The van der Waals surface area contributed by atoms with Gasteiger partial charge >= 0.3 is 0 Å². The molecule has 0 aromatic carbocycles. The Morgan fingerprint density at radius 3 is 2.41 bits per heavy atom. The standard InChI is InChI=1S/C15H25ClO/c1-5-8-9-17-12-14(10-13(4)6-2)11-15(16)7-3/h10-11H,4-9,12H2,1-3H3/b14-10+,15-11+. The van der Waals surface area contributed by atoms with E-state index in [2.05, 4.69) is 26.5 Å². The highest BCUT2D eigenvalue weighted by atomic mass is 35.5. The van der Waals surface area contributed by atoms with Gasteiger partial charge in [0.05, 0.1) is 6.61 Å². The second-order valence-corrected chi connectivity index (χ2v) is 4.57. The summed E-state index contributed by atoms with van der Waals surface area (Å²) in [5.74, 6) is 0. The van der Waals surface area contributed by atoms with Gasteiger partial charge < -0.3 is 4.74 Å². The van der Waals surface area contributed by atoms with E-state index in [9.17, 15) is 0 Å². The van der Waals surface area contributed by atoms with Crippen LogP contribution in [0.3, 0.4) is 0 Å². The minimum Gasteiger partial charge on any atom is -0.377 e. The summed E-state index contributed by atoms with van der Waals surface area (Å²) in [7, 11) is 0.